The fourth-order valence-electron chi connectivity index (χ4n) is 3.13. The summed E-state index contributed by atoms with van der Waals surface area (Å²) in [7, 11) is 0. The second kappa shape index (κ2) is 8.17. The molecule has 10 nitrogen and oxygen atoms in total. The number of carbonyl (C=O) groups is 2. The number of β-amino-alcohol motifs (C(OH)–C–C–N with tert-alkyl or cyclic N) is 1. The van der Waals surface area contributed by atoms with E-state index in [1.54, 1.807) is 25.1 Å². The van der Waals surface area contributed by atoms with Gasteiger partial charge in [-0.15, -0.1) is 0 Å². The second-order valence-corrected chi connectivity index (χ2v) is 6.70. The van der Waals surface area contributed by atoms with Gasteiger partial charge in [-0.25, -0.2) is 0 Å². The molecule has 0 spiro atoms. The van der Waals surface area contributed by atoms with Crippen molar-refractivity contribution in [3.05, 3.63) is 57.5 Å². The first-order chi connectivity index (χ1) is 13.3. The molecule has 28 heavy (non-hydrogen) atoms. The van der Waals surface area contributed by atoms with Crippen molar-refractivity contribution in [2.24, 2.45) is 0 Å². The average molecular weight is 388 g/mol. The number of nitrogens with zero attached hydrogens (tertiary/aromatic N) is 3. The van der Waals surface area contributed by atoms with Crippen LogP contribution in [0.5, 0.6) is 0 Å². The van der Waals surface area contributed by atoms with Crippen LogP contribution in [-0.4, -0.2) is 50.6 Å². The fourth-order valence-corrected chi connectivity index (χ4v) is 3.13. The van der Waals surface area contributed by atoms with Crippen molar-refractivity contribution < 1.29 is 24.1 Å². The van der Waals surface area contributed by atoms with Crippen LogP contribution in [0.1, 0.15) is 23.4 Å². The van der Waals surface area contributed by atoms with Gasteiger partial charge in [0.1, 0.15) is 11.8 Å². The smallest absolute Gasteiger partial charge is 0.269 e. The number of aliphatic hydroxyl groups is 1. The third kappa shape index (κ3) is 4.52. The third-order valence-electron chi connectivity index (χ3n) is 4.52. The Labute approximate surface area is 160 Å². The predicted octanol–water partition coefficient (Wildman–Crippen LogP) is 0.712. The molecule has 0 radical (unpaired) electrons. The first kappa shape index (κ1) is 19.5. The Bertz CT molecular complexity index is 878. The monoisotopic (exact) mass is 388 g/mol. The zero-order chi connectivity index (χ0) is 20.3. The van der Waals surface area contributed by atoms with Gasteiger partial charge in [0.15, 0.2) is 0 Å². The minimum absolute atomic E-state index is 0.0339. The molecule has 0 bridgehead atoms. The summed E-state index contributed by atoms with van der Waals surface area (Å²) in [6, 6.07) is 6.68. The lowest BCUT2D eigenvalue weighted by molar-refractivity contribution is -0.384. The van der Waals surface area contributed by atoms with Crippen LogP contribution in [0.25, 0.3) is 0 Å². The largest absolute Gasteiger partial charge is 0.391 e. The van der Waals surface area contributed by atoms with Gasteiger partial charge < -0.3 is 19.8 Å². The summed E-state index contributed by atoms with van der Waals surface area (Å²) in [4.78, 5) is 36.6. The van der Waals surface area contributed by atoms with Crippen molar-refractivity contribution in [2.75, 3.05) is 6.54 Å². The van der Waals surface area contributed by atoms with Crippen LogP contribution in [-0.2, 0) is 22.6 Å². The number of benzene rings is 1. The van der Waals surface area contributed by atoms with Gasteiger partial charge in [-0.05, 0) is 12.5 Å². The Balaban J connectivity index is 1.60. The van der Waals surface area contributed by atoms with Gasteiger partial charge in [0.25, 0.3) is 5.69 Å². The SMILES string of the molecule is Cc1cc(CC(=O)N2C[C@H](O)C[C@H]2C(=O)NCc2ccc([N+](=O)[O-])cc2)on1. The molecule has 1 saturated heterocycles. The van der Waals surface area contributed by atoms with E-state index in [-0.39, 0.29) is 37.5 Å². The number of nitro groups is 1. The van der Waals surface area contributed by atoms with Crippen LogP contribution >= 0.6 is 0 Å². The molecular formula is C18H20N4O6. The number of nitro benzene ring substituents is 1. The maximum Gasteiger partial charge on any atom is 0.269 e. The molecule has 2 aromatic rings. The summed E-state index contributed by atoms with van der Waals surface area (Å²) in [5, 5.41) is 27.1. The third-order valence-corrected chi connectivity index (χ3v) is 4.52. The van der Waals surface area contributed by atoms with Crippen molar-refractivity contribution in [3.63, 3.8) is 0 Å². The highest BCUT2D eigenvalue weighted by Gasteiger charge is 2.38. The summed E-state index contributed by atoms with van der Waals surface area (Å²) in [6.45, 7) is 1.97. The minimum atomic E-state index is -0.787. The molecule has 0 unspecified atom stereocenters. The van der Waals surface area contributed by atoms with E-state index in [0.717, 1.165) is 0 Å². The number of hydrogen-bond donors (Lipinski definition) is 2. The van der Waals surface area contributed by atoms with Gasteiger partial charge in [-0.2, -0.15) is 0 Å². The molecule has 10 heteroatoms. The van der Waals surface area contributed by atoms with Crippen LogP contribution in [0.4, 0.5) is 5.69 Å². The number of nitrogens with one attached hydrogen (secondary N) is 1. The molecule has 2 N–H and O–H groups in total. The van der Waals surface area contributed by atoms with Crippen LogP contribution in [0.2, 0.25) is 0 Å². The van der Waals surface area contributed by atoms with Crippen LogP contribution in [0, 0.1) is 17.0 Å². The summed E-state index contributed by atoms with van der Waals surface area (Å²) in [6.07, 6.45) is -0.678. The average Bonchev–Trinajstić information content (AvgIpc) is 3.25. The normalized spacial score (nSPS) is 18.9. The highest BCUT2D eigenvalue weighted by Crippen LogP contribution is 2.20. The van der Waals surface area contributed by atoms with Crippen molar-refractivity contribution >= 4 is 17.5 Å². The molecule has 1 aromatic heterocycles. The summed E-state index contributed by atoms with van der Waals surface area (Å²) in [5.74, 6) is -0.325. The maximum atomic E-state index is 12.6. The van der Waals surface area contributed by atoms with Gasteiger partial charge in [0.05, 0.1) is 23.1 Å². The molecule has 2 amide bonds. The van der Waals surface area contributed by atoms with Gasteiger partial charge in [0.2, 0.25) is 11.8 Å². The zero-order valence-electron chi connectivity index (χ0n) is 15.2. The highest BCUT2D eigenvalue weighted by atomic mass is 16.6. The molecule has 1 aromatic carbocycles. The Morgan fingerprint density at radius 1 is 1.39 bits per heavy atom. The standard InChI is InChI=1S/C18H20N4O6/c1-11-6-15(28-20-11)8-17(24)21-10-14(23)7-16(21)18(25)19-9-12-2-4-13(5-3-12)22(26)27/h2-6,14,16,23H,7-10H2,1H3,(H,19,25)/t14-,16+/m1/s1. The van der Waals surface area contributed by atoms with E-state index in [0.29, 0.717) is 17.0 Å². The molecule has 3 rings (SSSR count). The molecule has 148 valence electrons. The number of rotatable bonds is 6. The molecule has 2 heterocycles. The van der Waals surface area contributed by atoms with Crippen LogP contribution in [0.15, 0.2) is 34.9 Å². The molecule has 1 aliphatic heterocycles. The minimum Gasteiger partial charge on any atom is -0.391 e. The first-order valence-electron chi connectivity index (χ1n) is 8.74. The number of likely N-dealkylation sites (tertiary alicyclic amines) is 1. The predicted molar refractivity (Wildman–Crippen MR) is 96.0 cm³/mol. The summed E-state index contributed by atoms with van der Waals surface area (Å²) >= 11 is 0. The van der Waals surface area contributed by atoms with E-state index >= 15 is 0 Å². The number of aliphatic hydroxyl groups excluding tert-OH is 1. The Kier molecular flexibility index (Phi) is 5.69. The fraction of sp³-hybridized carbons (Fsp3) is 0.389. The topological polar surface area (TPSA) is 139 Å². The van der Waals surface area contributed by atoms with Crippen LogP contribution < -0.4 is 5.32 Å². The molecule has 1 aliphatic rings. The Morgan fingerprint density at radius 3 is 2.71 bits per heavy atom. The van der Waals surface area contributed by atoms with Crippen molar-refractivity contribution in [1.82, 2.24) is 15.4 Å². The second-order valence-electron chi connectivity index (χ2n) is 6.70. The van der Waals surface area contributed by atoms with E-state index in [1.165, 1.54) is 17.0 Å². The molecule has 0 saturated carbocycles. The maximum absolute atomic E-state index is 12.6. The van der Waals surface area contributed by atoms with Gasteiger partial charge in [0, 0.05) is 37.7 Å². The zero-order valence-corrected chi connectivity index (χ0v) is 15.2. The number of carbonyl (C=O) groups excluding carboxylic acids is 2. The summed E-state index contributed by atoms with van der Waals surface area (Å²) in [5.41, 5.74) is 1.31. The van der Waals surface area contributed by atoms with Crippen molar-refractivity contribution in [3.8, 4) is 0 Å². The molecule has 0 aliphatic carbocycles. The van der Waals surface area contributed by atoms with E-state index < -0.39 is 23.0 Å². The number of aryl methyl sites for hydroxylation is 1. The van der Waals surface area contributed by atoms with E-state index in [4.69, 9.17) is 4.52 Å². The molecule has 1 fully saturated rings. The van der Waals surface area contributed by atoms with E-state index in [9.17, 15) is 24.8 Å². The van der Waals surface area contributed by atoms with Crippen LogP contribution in [0.3, 0.4) is 0 Å². The van der Waals surface area contributed by atoms with Gasteiger partial charge >= 0.3 is 0 Å². The Morgan fingerprint density at radius 2 is 2.11 bits per heavy atom. The quantitative estimate of drug-likeness (QED) is 0.549. The number of aromatic nitrogens is 1. The number of hydrogen-bond acceptors (Lipinski definition) is 7. The lowest BCUT2D eigenvalue weighted by Crippen LogP contribution is -2.46. The molecule has 2 atom stereocenters. The van der Waals surface area contributed by atoms with E-state index in [2.05, 4.69) is 10.5 Å². The van der Waals surface area contributed by atoms with Gasteiger partial charge in [-0.1, -0.05) is 17.3 Å². The van der Waals surface area contributed by atoms with Crippen molar-refractivity contribution in [1.29, 1.82) is 0 Å². The lowest BCUT2D eigenvalue weighted by Gasteiger charge is -2.23. The number of amides is 2. The lowest BCUT2D eigenvalue weighted by atomic mass is 10.1. The van der Waals surface area contributed by atoms with Crippen molar-refractivity contribution in [2.45, 2.75) is 38.5 Å². The molecular weight excluding hydrogens is 368 g/mol. The van der Waals surface area contributed by atoms with Gasteiger partial charge in [-0.3, -0.25) is 19.7 Å². The van der Waals surface area contributed by atoms with E-state index in [1.807, 2.05) is 0 Å². The highest BCUT2D eigenvalue weighted by molar-refractivity contribution is 5.89. The first-order valence-corrected chi connectivity index (χ1v) is 8.74. The Hall–Kier alpha value is -3.27. The number of non-ortho nitro benzene ring substituents is 1. The summed E-state index contributed by atoms with van der Waals surface area (Å²) < 4.78 is 5.04.